The van der Waals surface area contributed by atoms with E-state index < -0.39 is 58.4 Å². The Morgan fingerprint density at radius 2 is 1.81 bits per heavy atom. The lowest BCUT2D eigenvalue weighted by Gasteiger charge is -2.40. The van der Waals surface area contributed by atoms with Crippen molar-refractivity contribution in [3.8, 4) is 0 Å². The van der Waals surface area contributed by atoms with E-state index in [0.29, 0.717) is 35.8 Å². The molecule has 42 heavy (non-hydrogen) atoms. The van der Waals surface area contributed by atoms with Crippen LogP contribution in [0.4, 0.5) is 30.4 Å². The number of halogens is 3. The average molecular weight is 596 g/mol. The summed E-state index contributed by atoms with van der Waals surface area (Å²) in [6, 6.07) is 5.02. The molecule has 0 aliphatic carbocycles. The molecule has 1 aromatic heterocycles. The molecule has 226 valence electrons. The Bertz CT molecular complexity index is 1560. The van der Waals surface area contributed by atoms with Gasteiger partial charge in [-0.25, -0.2) is 9.59 Å². The SMILES string of the molecule is CC(C)=CCN1c2c(n(C)c(=O)n(CC(=O)c3ccccc3[N+](=O)[O-])c2=O)N(OC(=O)C(F)(F)F)C1N1CCNCC1. The Kier molecular flexibility index (Phi) is 8.53. The summed E-state index contributed by atoms with van der Waals surface area (Å²) in [5.74, 6) is -3.88. The second-order valence-electron chi connectivity index (χ2n) is 9.87. The third-order valence-electron chi connectivity index (χ3n) is 6.77. The van der Waals surface area contributed by atoms with Crippen molar-refractivity contribution in [1.82, 2.24) is 19.4 Å². The molecule has 1 unspecified atom stereocenters. The fourth-order valence-electron chi connectivity index (χ4n) is 4.79. The molecule has 1 fully saturated rings. The largest absolute Gasteiger partial charge is 0.493 e. The molecule has 2 aromatic rings. The van der Waals surface area contributed by atoms with Gasteiger partial charge in [0.05, 0.1) is 17.0 Å². The third-order valence-corrected chi connectivity index (χ3v) is 6.77. The van der Waals surface area contributed by atoms with Crippen LogP contribution in [0.15, 0.2) is 45.5 Å². The summed E-state index contributed by atoms with van der Waals surface area (Å²) in [5.41, 5.74) is -2.50. The van der Waals surface area contributed by atoms with Crippen molar-refractivity contribution in [2.75, 3.05) is 42.7 Å². The maximum absolute atomic E-state index is 13.9. The zero-order valence-corrected chi connectivity index (χ0v) is 22.9. The number of allylic oxidation sites excluding steroid dienone is 1. The van der Waals surface area contributed by atoms with E-state index in [1.165, 1.54) is 23.1 Å². The zero-order valence-electron chi connectivity index (χ0n) is 22.9. The highest BCUT2D eigenvalue weighted by Crippen LogP contribution is 2.38. The fraction of sp³-hybridized carbons (Fsp3) is 0.440. The summed E-state index contributed by atoms with van der Waals surface area (Å²) in [7, 11) is 1.15. The molecule has 2 aliphatic heterocycles. The summed E-state index contributed by atoms with van der Waals surface area (Å²) < 4.78 is 41.4. The first-order valence-electron chi connectivity index (χ1n) is 12.8. The van der Waals surface area contributed by atoms with Crippen molar-refractivity contribution in [3.63, 3.8) is 0 Å². The number of hydrogen-bond donors (Lipinski definition) is 1. The van der Waals surface area contributed by atoms with Crippen LogP contribution in [0.1, 0.15) is 24.2 Å². The van der Waals surface area contributed by atoms with Crippen LogP contribution in [-0.2, 0) is 23.2 Å². The molecule has 14 nitrogen and oxygen atoms in total. The molecule has 2 aliphatic rings. The first-order valence-corrected chi connectivity index (χ1v) is 12.8. The van der Waals surface area contributed by atoms with Gasteiger partial charge in [0.15, 0.2) is 23.6 Å². The maximum Gasteiger partial charge on any atom is 0.493 e. The van der Waals surface area contributed by atoms with Gasteiger partial charge in [-0.15, -0.1) is 5.06 Å². The number of carbonyl (C=O) groups is 2. The number of rotatable bonds is 8. The molecule has 1 N–H and O–H groups in total. The van der Waals surface area contributed by atoms with Gasteiger partial charge in [0, 0.05) is 45.8 Å². The molecule has 0 bridgehead atoms. The molecule has 1 aromatic carbocycles. The Balaban J connectivity index is 1.91. The first kappa shape index (κ1) is 30.4. The predicted molar refractivity (Wildman–Crippen MR) is 143 cm³/mol. The van der Waals surface area contributed by atoms with Gasteiger partial charge in [0.1, 0.15) is 0 Å². The van der Waals surface area contributed by atoms with Crippen molar-refractivity contribution in [2.45, 2.75) is 32.9 Å². The lowest BCUT2D eigenvalue weighted by atomic mass is 10.1. The van der Waals surface area contributed by atoms with Crippen LogP contribution >= 0.6 is 0 Å². The van der Waals surface area contributed by atoms with Gasteiger partial charge in [-0.1, -0.05) is 23.8 Å². The van der Waals surface area contributed by atoms with Gasteiger partial charge in [0.25, 0.3) is 11.2 Å². The van der Waals surface area contributed by atoms with Crippen molar-refractivity contribution in [3.05, 3.63) is 72.4 Å². The number of nitrogens with zero attached hydrogens (tertiary/aromatic N) is 6. The number of carbonyl (C=O) groups excluding carboxylic acids is 2. The summed E-state index contributed by atoms with van der Waals surface area (Å²) in [6.07, 6.45) is -4.93. The highest BCUT2D eigenvalue weighted by molar-refractivity contribution is 5.99. The Hall–Kier alpha value is -4.51. The minimum Gasteiger partial charge on any atom is -0.327 e. The van der Waals surface area contributed by atoms with Gasteiger partial charge in [-0.3, -0.25) is 33.7 Å². The fourth-order valence-corrected chi connectivity index (χ4v) is 4.79. The molecular formula is C25H28F3N7O7. The number of piperazine rings is 1. The van der Waals surface area contributed by atoms with Crippen molar-refractivity contribution >= 4 is 28.9 Å². The Morgan fingerprint density at radius 3 is 2.40 bits per heavy atom. The molecule has 3 heterocycles. The Labute approximate surface area is 236 Å². The number of Topliss-reactive ketones (excluding diaryl/α,β-unsaturated/α-hetero) is 1. The second-order valence-corrected chi connectivity index (χ2v) is 9.87. The molecule has 0 radical (unpaired) electrons. The van der Waals surface area contributed by atoms with Crippen molar-refractivity contribution in [2.24, 2.45) is 7.05 Å². The minimum absolute atomic E-state index is 0.0322. The second kappa shape index (κ2) is 11.8. The molecule has 0 amide bonds. The van der Waals surface area contributed by atoms with E-state index >= 15 is 0 Å². The monoisotopic (exact) mass is 595 g/mol. The molecular weight excluding hydrogens is 567 g/mol. The Morgan fingerprint density at radius 1 is 1.17 bits per heavy atom. The van der Waals surface area contributed by atoms with Gasteiger partial charge < -0.3 is 15.1 Å². The highest BCUT2D eigenvalue weighted by atomic mass is 19.4. The van der Waals surface area contributed by atoms with Gasteiger partial charge >= 0.3 is 17.8 Å². The summed E-state index contributed by atoms with van der Waals surface area (Å²) >= 11 is 0. The first-order chi connectivity index (χ1) is 19.7. The number of nitrogens with one attached hydrogen (secondary N) is 1. The lowest BCUT2D eigenvalue weighted by Crippen LogP contribution is -2.61. The smallest absolute Gasteiger partial charge is 0.327 e. The van der Waals surface area contributed by atoms with Crippen LogP contribution in [0.3, 0.4) is 0 Å². The molecule has 4 rings (SSSR count). The summed E-state index contributed by atoms with van der Waals surface area (Å²) in [5, 5.41) is 15.2. The van der Waals surface area contributed by atoms with E-state index in [0.717, 1.165) is 23.3 Å². The van der Waals surface area contributed by atoms with Crippen molar-refractivity contribution in [1.29, 1.82) is 0 Å². The number of nitro benzene ring substituents is 1. The number of hydrogen-bond acceptors (Lipinski definition) is 11. The van der Waals surface area contributed by atoms with Crippen LogP contribution in [0.2, 0.25) is 0 Å². The van der Waals surface area contributed by atoms with E-state index in [2.05, 4.69) is 5.32 Å². The highest BCUT2D eigenvalue weighted by Gasteiger charge is 2.50. The quantitative estimate of drug-likeness (QED) is 0.202. The van der Waals surface area contributed by atoms with Crippen LogP contribution in [0, 0.1) is 10.1 Å². The number of ketones is 1. The summed E-state index contributed by atoms with van der Waals surface area (Å²) in [6.45, 7) is 4.09. The number of hydroxylamine groups is 1. The third kappa shape index (κ3) is 5.78. The predicted octanol–water partition coefficient (Wildman–Crippen LogP) is 1.14. The molecule has 1 atom stereocenters. The van der Waals surface area contributed by atoms with E-state index in [-0.39, 0.29) is 17.8 Å². The number of benzene rings is 1. The molecule has 0 spiro atoms. The van der Waals surface area contributed by atoms with Crippen molar-refractivity contribution < 1.29 is 32.5 Å². The number of aromatic nitrogens is 2. The molecule has 0 saturated carbocycles. The minimum atomic E-state index is -5.38. The number of anilines is 2. The van der Waals surface area contributed by atoms with Crippen LogP contribution in [0.5, 0.6) is 0 Å². The van der Waals surface area contributed by atoms with E-state index in [1.54, 1.807) is 24.8 Å². The van der Waals surface area contributed by atoms with E-state index in [9.17, 15) is 42.5 Å². The van der Waals surface area contributed by atoms with Gasteiger partial charge in [0.2, 0.25) is 0 Å². The number of nitro groups is 1. The van der Waals surface area contributed by atoms with E-state index in [1.807, 2.05) is 0 Å². The molecule has 1 saturated heterocycles. The number of para-hydroxylation sites is 1. The van der Waals surface area contributed by atoms with Crippen LogP contribution in [-0.4, -0.2) is 75.9 Å². The van der Waals surface area contributed by atoms with E-state index in [4.69, 9.17) is 4.84 Å². The lowest BCUT2D eigenvalue weighted by molar-refractivity contribution is -0.385. The number of fused-ring (bicyclic) bond motifs is 1. The zero-order chi connectivity index (χ0) is 30.9. The standard InChI is InChI=1S/C25H28F3N7O7/c1-15(2)8-11-32-19-20(34(42-22(38)25(26,27)28)23(32)31-12-9-29-10-13-31)30(3)24(39)33(21(19)37)14-18(36)16-6-4-5-7-17(16)35(40)41/h4-8,23,29H,9-14H2,1-3H3. The average Bonchev–Trinajstić information content (AvgIpc) is 3.26. The molecule has 17 heteroatoms. The van der Waals surface area contributed by atoms with Crippen LogP contribution < -0.4 is 26.5 Å². The normalized spacial score (nSPS) is 17.1. The topological polar surface area (TPSA) is 152 Å². The van der Waals surface area contributed by atoms with Gasteiger partial charge in [-0.05, 0) is 19.9 Å². The van der Waals surface area contributed by atoms with Gasteiger partial charge in [-0.2, -0.15) is 13.2 Å². The number of alkyl halides is 3. The summed E-state index contributed by atoms with van der Waals surface area (Å²) in [4.78, 5) is 71.1. The van der Waals surface area contributed by atoms with Crippen LogP contribution in [0.25, 0.3) is 0 Å². The maximum atomic E-state index is 13.9.